The van der Waals surface area contributed by atoms with E-state index in [-0.39, 0.29) is 0 Å². The number of rotatable bonds is 4. The molecule has 7 nitrogen and oxygen atoms in total. The molecule has 2 aliphatic rings. The molecule has 1 fully saturated rings. The molecule has 0 saturated carbocycles. The molecule has 25 heavy (non-hydrogen) atoms. The van der Waals surface area contributed by atoms with E-state index in [1.807, 2.05) is 0 Å². The molecule has 0 aliphatic carbocycles. The molecule has 0 unspecified atom stereocenters. The first-order valence-corrected chi connectivity index (χ1v) is 9.55. The molecule has 1 N–H and O–H groups in total. The van der Waals surface area contributed by atoms with E-state index in [1.165, 1.54) is 35.6 Å². The summed E-state index contributed by atoms with van der Waals surface area (Å²) in [6, 6.07) is 0. The summed E-state index contributed by atoms with van der Waals surface area (Å²) in [6.07, 6.45) is 2.34. The van der Waals surface area contributed by atoms with Crippen LogP contribution in [0.3, 0.4) is 0 Å². The number of hydrogen-bond donors (Lipinski definition) is 1. The summed E-state index contributed by atoms with van der Waals surface area (Å²) in [5.74, 6) is 2.86. The van der Waals surface area contributed by atoms with Gasteiger partial charge in [-0.2, -0.15) is 5.10 Å². The Kier molecular flexibility index (Phi) is 4.60. The second-order valence-electron chi connectivity index (χ2n) is 7.32. The Labute approximate surface area is 149 Å². The molecule has 0 atom stereocenters. The number of piperidine rings is 1. The first-order chi connectivity index (χ1) is 12.2. The Balaban J connectivity index is 1.40. The minimum absolute atomic E-state index is 0.552. The summed E-state index contributed by atoms with van der Waals surface area (Å²) < 4.78 is 4.46. The fourth-order valence-electron chi connectivity index (χ4n) is 4.26. The van der Waals surface area contributed by atoms with E-state index in [0.29, 0.717) is 5.92 Å². The van der Waals surface area contributed by atoms with E-state index < -0.39 is 0 Å². The zero-order valence-electron chi connectivity index (χ0n) is 15.6. The van der Waals surface area contributed by atoms with Crippen LogP contribution in [0.5, 0.6) is 0 Å². The summed E-state index contributed by atoms with van der Waals surface area (Å²) in [4.78, 5) is 2.57. The minimum Gasteiger partial charge on any atom is -0.312 e. The van der Waals surface area contributed by atoms with Gasteiger partial charge in [0.15, 0.2) is 0 Å². The fourth-order valence-corrected chi connectivity index (χ4v) is 4.26. The molecule has 136 valence electrons. The maximum atomic E-state index is 4.66. The molecule has 4 heterocycles. The van der Waals surface area contributed by atoms with Crippen LogP contribution in [0, 0.1) is 13.8 Å². The van der Waals surface area contributed by atoms with Gasteiger partial charge in [-0.25, -0.2) is 0 Å². The Morgan fingerprint density at radius 1 is 1.12 bits per heavy atom. The molecular formula is C18H29N7. The highest BCUT2D eigenvalue weighted by Crippen LogP contribution is 2.29. The van der Waals surface area contributed by atoms with E-state index in [0.717, 1.165) is 51.6 Å². The van der Waals surface area contributed by atoms with E-state index >= 15 is 0 Å². The van der Waals surface area contributed by atoms with Gasteiger partial charge < -0.3 is 9.88 Å². The third-order valence-corrected chi connectivity index (χ3v) is 5.82. The summed E-state index contributed by atoms with van der Waals surface area (Å²) in [7, 11) is 0. The molecular weight excluding hydrogens is 314 g/mol. The van der Waals surface area contributed by atoms with Crippen molar-refractivity contribution in [3.8, 4) is 0 Å². The smallest absolute Gasteiger partial charge is 0.147 e. The van der Waals surface area contributed by atoms with Gasteiger partial charge in [-0.3, -0.25) is 9.58 Å². The predicted octanol–water partition coefficient (Wildman–Crippen LogP) is 1.59. The van der Waals surface area contributed by atoms with Gasteiger partial charge >= 0.3 is 0 Å². The van der Waals surface area contributed by atoms with Crippen molar-refractivity contribution in [1.82, 2.24) is 34.8 Å². The van der Waals surface area contributed by atoms with Crippen LogP contribution in [0.4, 0.5) is 0 Å². The first kappa shape index (κ1) is 16.7. The number of hydrogen-bond acceptors (Lipinski definition) is 5. The molecule has 2 aromatic heterocycles. The van der Waals surface area contributed by atoms with Gasteiger partial charge in [-0.05, 0) is 46.7 Å². The SMILES string of the molecule is CCn1nc(C)c(CN2CCC(c3nnc4n3CCNC4)CC2)c1C. The maximum absolute atomic E-state index is 4.66. The number of aromatic nitrogens is 5. The van der Waals surface area contributed by atoms with E-state index in [1.54, 1.807) is 0 Å². The monoisotopic (exact) mass is 343 g/mol. The van der Waals surface area contributed by atoms with Crippen molar-refractivity contribution in [2.75, 3.05) is 19.6 Å². The lowest BCUT2D eigenvalue weighted by atomic mass is 9.95. The van der Waals surface area contributed by atoms with Gasteiger partial charge in [0.1, 0.15) is 11.6 Å². The summed E-state index contributed by atoms with van der Waals surface area (Å²) >= 11 is 0. The summed E-state index contributed by atoms with van der Waals surface area (Å²) in [5, 5.41) is 16.9. The second kappa shape index (κ2) is 6.88. The minimum atomic E-state index is 0.552. The quantitative estimate of drug-likeness (QED) is 0.913. The van der Waals surface area contributed by atoms with E-state index in [2.05, 4.69) is 55.5 Å². The molecule has 4 rings (SSSR count). The van der Waals surface area contributed by atoms with Crippen LogP contribution in [0.2, 0.25) is 0 Å². The number of likely N-dealkylation sites (tertiary alicyclic amines) is 1. The van der Waals surface area contributed by atoms with Crippen LogP contribution in [-0.2, 0) is 26.2 Å². The average molecular weight is 343 g/mol. The summed E-state index contributed by atoms with van der Waals surface area (Å²) in [6.45, 7) is 13.6. The number of nitrogens with one attached hydrogen (secondary N) is 1. The largest absolute Gasteiger partial charge is 0.312 e. The van der Waals surface area contributed by atoms with Gasteiger partial charge in [0.05, 0.1) is 12.2 Å². The lowest BCUT2D eigenvalue weighted by Crippen LogP contribution is -2.35. The molecule has 1 saturated heterocycles. The van der Waals surface area contributed by atoms with Crippen LogP contribution < -0.4 is 5.32 Å². The highest BCUT2D eigenvalue weighted by Gasteiger charge is 2.27. The zero-order valence-corrected chi connectivity index (χ0v) is 15.6. The predicted molar refractivity (Wildman–Crippen MR) is 96.4 cm³/mol. The lowest BCUT2D eigenvalue weighted by molar-refractivity contribution is 0.199. The lowest BCUT2D eigenvalue weighted by Gasteiger charge is -2.32. The van der Waals surface area contributed by atoms with Crippen LogP contribution >= 0.6 is 0 Å². The van der Waals surface area contributed by atoms with Gasteiger partial charge in [-0.1, -0.05) is 0 Å². The van der Waals surface area contributed by atoms with Crippen LogP contribution in [0.25, 0.3) is 0 Å². The zero-order chi connectivity index (χ0) is 17.4. The van der Waals surface area contributed by atoms with Gasteiger partial charge in [0.25, 0.3) is 0 Å². The van der Waals surface area contributed by atoms with Crippen molar-refractivity contribution >= 4 is 0 Å². The van der Waals surface area contributed by atoms with Crippen molar-refractivity contribution in [2.24, 2.45) is 0 Å². The molecule has 0 radical (unpaired) electrons. The van der Waals surface area contributed by atoms with Gasteiger partial charge in [0.2, 0.25) is 0 Å². The maximum Gasteiger partial charge on any atom is 0.147 e. The highest BCUT2D eigenvalue weighted by atomic mass is 15.3. The fraction of sp³-hybridized carbons (Fsp3) is 0.722. The molecule has 7 heteroatoms. The van der Waals surface area contributed by atoms with Crippen molar-refractivity contribution in [2.45, 2.75) is 65.7 Å². The molecule has 0 aromatic carbocycles. The third-order valence-electron chi connectivity index (χ3n) is 5.82. The Bertz CT molecular complexity index is 737. The normalized spacial score (nSPS) is 19.3. The standard InChI is InChI=1S/C18H29N7/c1-4-25-14(3)16(13(2)22-25)12-23-8-5-15(6-9-23)18-21-20-17-11-19-7-10-24(17)18/h15,19H,4-12H2,1-3H3. The van der Waals surface area contributed by atoms with Crippen LogP contribution in [-0.4, -0.2) is 49.1 Å². The topological polar surface area (TPSA) is 63.8 Å². The first-order valence-electron chi connectivity index (χ1n) is 9.55. The average Bonchev–Trinajstić information content (AvgIpc) is 3.18. The van der Waals surface area contributed by atoms with E-state index in [9.17, 15) is 0 Å². The third kappa shape index (κ3) is 3.11. The molecule has 0 spiro atoms. The van der Waals surface area contributed by atoms with Gasteiger partial charge in [-0.15, -0.1) is 10.2 Å². The van der Waals surface area contributed by atoms with Crippen molar-refractivity contribution in [3.05, 3.63) is 28.6 Å². The van der Waals surface area contributed by atoms with E-state index in [4.69, 9.17) is 0 Å². The molecule has 2 aromatic rings. The van der Waals surface area contributed by atoms with Crippen molar-refractivity contribution < 1.29 is 0 Å². The Hall–Kier alpha value is -1.73. The Morgan fingerprint density at radius 2 is 1.92 bits per heavy atom. The molecule has 0 bridgehead atoms. The van der Waals surface area contributed by atoms with Crippen molar-refractivity contribution in [3.63, 3.8) is 0 Å². The Morgan fingerprint density at radius 3 is 2.64 bits per heavy atom. The number of fused-ring (bicyclic) bond motifs is 1. The number of aryl methyl sites for hydroxylation is 2. The molecule has 0 amide bonds. The van der Waals surface area contributed by atoms with Crippen molar-refractivity contribution in [1.29, 1.82) is 0 Å². The van der Waals surface area contributed by atoms with Crippen LogP contribution in [0.15, 0.2) is 0 Å². The van der Waals surface area contributed by atoms with Crippen LogP contribution in [0.1, 0.15) is 54.3 Å². The summed E-state index contributed by atoms with van der Waals surface area (Å²) in [5.41, 5.74) is 3.91. The molecule has 2 aliphatic heterocycles. The van der Waals surface area contributed by atoms with Gasteiger partial charge in [0, 0.05) is 43.4 Å². The highest BCUT2D eigenvalue weighted by molar-refractivity contribution is 5.24. The number of nitrogens with zero attached hydrogens (tertiary/aromatic N) is 6. The second-order valence-corrected chi connectivity index (χ2v) is 7.32.